The third-order valence-corrected chi connectivity index (χ3v) is 2.17. The summed E-state index contributed by atoms with van der Waals surface area (Å²) in [4.78, 5) is 11.3. The molecule has 0 radical (unpaired) electrons. The first-order chi connectivity index (χ1) is 7.47. The van der Waals surface area contributed by atoms with Crippen LogP contribution in [0.4, 0.5) is 4.39 Å². The quantitative estimate of drug-likeness (QED) is 0.461. The molecule has 5 heteroatoms. The van der Waals surface area contributed by atoms with Crippen molar-refractivity contribution >= 4 is 5.91 Å². The van der Waals surface area contributed by atoms with Crippen LogP contribution in [0.3, 0.4) is 0 Å². The van der Waals surface area contributed by atoms with Crippen LogP contribution in [0.2, 0.25) is 0 Å². The van der Waals surface area contributed by atoms with Crippen LogP contribution in [-0.2, 0) is 4.79 Å². The van der Waals surface area contributed by atoms with Crippen molar-refractivity contribution in [1.29, 1.82) is 0 Å². The van der Waals surface area contributed by atoms with Gasteiger partial charge >= 0.3 is 0 Å². The van der Waals surface area contributed by atoms with Gasteiger partial charge in [0.15, 0.2) is 11.6 Å². The summed E-state index contributed by atoms with van der Waals surface area (Å²) in [6.07, 6.45) is 0. The van der Waals surface area contributed by atoms with E-state index in [4.69, 9.17) is 10.6 Å². The smallest absolute Gasteiger partial charge is 0.242 e. The molecule has 0 saturated heterocycles. The molecule has 0 aromatic heterocycles. The number of para-hydroxylation sites is 1. The Balaban J connectivity index is 2.65. The lowest BCUT2D eigenvalue weighted by molar-refractivity contribution is -0.130. The number of amides is 1. The first kappa shape index (κ1) is 12.4. The Morgan fingerprint density at radius 2 is 2.12 bits per heavy atom. The van der Waals surface area contributed by atoms with Crippen LogP contribution in [0, 0.1) is 11.2 Å². The average Bonchev–Trinajstić information content (AvgIpc) is 2.27. The van der Waals surface area contributed by atoms with Gasteiger partial charge in [-0.25, -0.2) is 10.2 Å². The number of hydrazine groups is 1. The number of halogens is 1. The molecule has 0 heterocycles. The zero-order valence-corrected chi connectivity index (χ0v) is 9.29. The Kier molecular flexibility index (Phi) is 3.84. The van der Waals surface area contributed by atoms with Crippen LogP contribution >= 0.6 is 0 Å². The molecule has 0 fully saturated rings. The van der Waals surface area contributed by atoms with E-state index >= 15 is 0 Å². The van der Waals surface area contributed by atoms with Gasteiger partial charge in [0.1, 0.15) is 6.61 Å². The van der Waals surface area contributed by atoms with Crippen LogP contribution in [0.15, 0.2) is 24.3 Å². The minimum Gasteiger partial charge on any atom is -0.489 e. The van der Waals surface area contributed by atoms with Crippen molar-refractivity contribution in [2.24, 2.45) is 11.3 Å². The maximum atomic E-state index is 13.2. The maximum absolute atomic E-state index is 13.2. The van der Waals surface area contributed by atoms with Crippen molar-refractivity contribution in [2.45, 2.75) is 13.8 Å². The largest absolute Gasteiger partial charge is 0.489 e. The highest BCUT2D eigenvalue weighted by Gasteiger charge is 2.28. The van der Waals surface area contributed by atoms with Crippen LogP contribution < -0.4 is 16.0 Å². The Bertz CT molecular complexity index is 380. The summed E-state index contributed by atoms with van der Waals surface area (Å²) in [6.45, 7) is 3.38. The molecule has 0 aliphatic carbocycles. The van der Waals surface area contributed by atoms with Crippen molar-refractivity contribution in [3.8, 4) is 5.75 Å². The number of carbonyl (C=O) groups is 1. The van der Waals surface area contributed by atoms with Crippen LogP contribution in [0.25, 0.3) is 0 Å². The fraction of sp³-hybridized carbons (Fsp3) is 0.364. The second-order valence-corrected chi connectivity index (χ2v) is 4.08. The molecule has 1 amide bonds. The van der Waals surface area contributed by atoms with Crippen molar-refractivity contribution in [3.05, 3.63) is 30.1 Å². The summed E-state index contributed by atoms with van der Waals surface area (Å²) >= 11 is 0. The average molecular weight is 226 g/mol. The second kappa shape index (κ2) is 4.94. The third-order valence-electron chi connectivity index (χ3n) is 2.17. The molecule has 88 valence electrons. The molecule has 0 bridgehead atoms. The molecule has 16 heavy (non-hydrogen) atoms. The zero-order valence-electron chi connectivity index (χ0n) is 9.29. The van der Waals surface area contributed by atoms with Gasteiger partial charge in [-0.05, 0) is 26.0 Å². The predicted molar refractivity (Wildman–Crippen MR) is 58.0 cm³/mol. The van der Waals surface area contributed by atoms with Gasteiger partial charge in [-0.15, -0.1) is 0 Å². The maximum Gasteiger partial charge on any atom is 0.242 e. The summed E-state index contributed by atoms with van der Waals surface area (Å²) in [5, 5.41) is 0. The van der Waals surface area contributed by atoms with Gasteiger partial charge in [0.2, 0.25) is 5.91 Å². The van der Waals surface area contributed by atoms with Crippen molar-refractivity contribution in [3.63, 3.8) is 0 Å². The van der Waals surface area contributed by atoms with Gasteiger partial charge in [0.25, 0.3) is 0 Å². The second-order valence-electron chi connectivity index (χ2n) is 4.08. The minimum absolute atomic E-state index is 0.0525. The van der Waals surface area contributed by atoms with Gasteiger partial charge in [-0.1, -0.05) is 12.1 Å². The van der Waals surface area contributed by atoms with E-state index in [9.17, 15) is 9.18 Å². The van der Waals surface area contributed by atoms with Gasteiger partial charge in [0.05, 0.1) is 5.41 Å². The number of nitrogens with one attached hydrogen (secondary N) is 1. The highest BCUT2D eigenvalue weighted by Crippen LogP contribution is 2.20. The van der Waals surface area contributed by atoms with E-state index in [1.54, 1.807) is 26.0 Å². The Morgan fingerprint density at radius 1 is 1.50 bits per heavy atom. The van der Waals surface area contributed by atoms with Crippen molar-refractivity contribution in [1.82, 2.24) is 5.43 Å². The van der Waals surface area contributed by atoms with Gasteiger partial charge < -0.3 is 4.74 Å². The molecular formula is C11H15FN2O2. The normalized spacial score (nSPS) is 11.0. The molecular weight excluding hydrogens is 211 g/mol. The number of benzene rings is 1. The van der Waals surface area contributed by atoms with Crippen molar-refractivity contribution in [2.75, 3.05) is 6.61 Å². The zero-order chi connectivity index (χ0) is 12.2. The summed E-state index contributed by atoms with van der Waals surface area (Å²) in [5.41, 5.74) is 1.23. The highest BCUT2D eigenvalue weighted by molar-refractivity contribution is 5.81. The van der Waals surface area contributed by atoms with Gasteiger partial charge in [-0.3, -0.25) is 10.2 Å². The van der Waals surface area contributed by atoms with Crippen LogP contribution in [-0.4, -0.2) is 12.5 Å². The summed E-state index contributed by atoms with van der Waals surface area (Å²) in [5.74, 6) is 4.34. The van der Waals surface area contributed by atoms with E-state index in [-0.39, 0.29) is 18.3 Å². The lowest BCUT2D eigenvalue weighted by atomic mass is 9.94. The molecule has 0 spiro atoms. The van der Waals surface area contributed by atoms with Crippen LogP contribution in [0.1, 0.15) is 13.8 Å². The molecule has 4 nitrogen and oxygen atoms in total. The van der Waals surface area contributed by atoms with E-state index in [0.29, 0.717) is 0 Å². The summed E-state index contributed by atoms with van der Waals surface area (Å²) in [6, 6.07) is 6.03. The molecule has 0 atom stereocenters. The molecule has 3 N–H and O–H groups in total. The Morgan fingerprint density at radius 3 is 2.69 bits per heavy atom. The SMILES string of the molecule is CC(C)(COc1ccccc1F)C(=O)NN. The molecule has 0 aliphatic rings. The van der Waals surface area contributed by atoms with E-state index in [0.717, 1.165) is 0 Å². The van der Waals surface area contributed by atoms with E-state index in [1.165, 1.54) is 12.1 Å². The fourth-order valence-corrected chi connectivity index (χ4v) is 1.08. The van der Waals surface area contributed by atoms with Crippen molar-refractivity contribution < 1.29 is 13.9 Å². The third kappa shape index (κ3) is 2.93. The first-order valence-electron chi connectivity index (χ1n) is 4.86. The molecule has 0 saturated carbocycles. The number of ether oxygens (including phenoxy) is 1. The van der Waals surface area contributed by atoms with E-state index in [2.05, 4.69) is 0 Å². The highest BCUT2D eigenvalue weighted by atomic mass is 19.1. The van der Waals surface area contributed by atoms with Crippen LogP contribution in [0.5, 0.6) is 5.75 Å². The van der Waals surface area contributed by atoms with Gasteiger partial charge in [0, 0.05) is 0 Å². The number of carbonyl (C=O) groups excluding carboxylic acids is 1. The lowest BCUT2D eigenvalue weighted by Crippen LogP contribution is -2.44. The lowest BCUT2D eigenvalue weighted by Gasteiger charge is -2.22. The molecule has 1 rings (SSSR count). The summed E-state index contributed by atoms with van der Waals surface area (Å²) in [7, 11) is 0. The standard InChI is InChI=1S/C11H15FN2O2/c1-11(2,10(15)14-13)7-16-9-6-4-3-5-8(9)12/h3-6H,7,13H2,1-2H3,(H,14,15). The minimum atomic E-state index is -0.809. The molecule has 1 aromatic carbocycles. The predicted octanol–water partition coefficient (Wildman–Crippen LogP) is 1.22. The molecule has 0 aliphatic heterocycles. The topological polar surface area (TPSA) is 64.3 Å². The molecule has 0 unspecified atom stereocenters. The fourth-order valence-electron chi connectivity index (χ4n) is 1.08. The summed E-state index contributed by atoms with van der Waals surface area (Å²) < 4.78 is 18.4. The Hall–Kier alpha value is -1.62. The molecule has 1 aromatic rings. The van der Waals surface area contributed by atoms with Gasteiger partial charge in [-0.2, -0.15) is 0 Å². The number of nitrogens with two attached hydrogens (primary N) is 1. The van der Waals surface area contributed by atoms with E-state index in [1.807, 2.05) is 5.43 Å². The number of hydrogen-bond donors (Lipinski definition) is 2. The monoisotopic (exact) mass is 226 g/mol. The van der Waals surface area contributed by atoms with E-state index < -0.39 is 11.2 Å². The number of hydrogen-bond acceptors (Lipinski definition) is 3. The number of rotatable bonds is 4. The Labute approximate surface area is 93.6 Å². The first-order valence-corrected chi connectivity index (χ1v) is 4.86.